The summed E-state index contributed by atoms with van der Waals surface area (Å²) < 4.78 is 0. The van der Waals surface area contributed by atoms with Gasteiger partial charge >= 0.3 is 0 Å². The molecule has 0 fully saturated rings. The number of fused-ring (bicyclic) bond motifs is 1. The molecule has 5 heteroatoms. The van der Waals surface area contributed by atoms with E-state index >= 15 is 0 Å². The number of rotatable bonds is 4. The van der Waals surface area contributed by atoms with Gasteiger partial charge in [0.15, 0.2) is 0 Å². The Hall–Kier alpha value is -2.33. The first-order chi connectivity index (χ1) is 10.6. The molecular weight excluding hydrogens is 296 g/mol. The van der Waals surface area contributed by atoms with E-state index in [2.05, 4.69) is 34.4 Å². The summed E-state index contributed by atoms with van der Waals surface area (Å²) in [5, 5.41) is 8.30. The molecule has 0 aliphatic heterocycles. The van der Waals surface area contributed by atoms with Crippen LogP contribution in [0.5, 0.6) is 0 Å². The Balaban J connectivity index is 2.00. The highest BCUT2D eigenvalue weighted by molar-refractivity contribution is 6.30. The first kappa shape index (κ1) is 14.6. The number of anilines is 3. The summed E-state index contributed by atoms with van der Waals surface area (Å²) in [6, 6.07) is 15.7. The predicted molar refractivity (Wildman–Crippen MR) is 93.0 cm³/mol. The van der Waals surface area contributed by atoms with Gasteiger partial charge in [0.2, 0.25) is 5.95 Å². The van der Waals surface area contributed by atoms with Gasteiger partial charge in [-0.05, 0) is 50.2 Å². The molecule has 3 aromatic rings. The first-order valence-electron chi connectivity index (χ1n) is 7.18. The first-order valence-corrected chi connectivity index (χ1v) is 7.55. The van der Waals surface area contributed by atoms with Crippen LogP contribution in [0.25, 0.3) is 10.9 Å². The number of aromatic nitrogens is 2. The molecule has 2 aromatic carbocycles. The van der Waals surface area contributed by atoms with Crippen LogP contribution in [-0.2, 0) is 0 Å². The molecule has 22 heavy (non-hydrogen) atoms. The summed E-state index contributed by atoms with van der Waals surface area (Å²) in [4.78, 5) is 9.16. The lowest BCUT2D eigenvalue weighted by Crippen LogP contribution is -2.12. The monoisotopic (exact) mass is 312 g/mol. The molecule has 1 heterocycles. The Morgan fingerprint density at radius 2 is 1.68 bits per heavy atom. The lowest BCUT2D eigenvalue weighted by Gasteiger charge is -2.14. The number of hydrogen-bond acceptors (Lipinski definition) is 4. The topological polar surface area (TPSA) is 49.8 Å². The predicted octanol–water partition coefficient (Wildman–Crippen LogP) is 4.85. The number of para-hydroxylation sites is 1. The van der Waals surface area contributed by atoms with Crippen molar-refractivity contribution in [3.05, 3.63) is 53.6 Å². The van der Waals surface area contributed by atoms with Gasteiger partial charge in [0, 0.05) is 22.1 Å². The van der Waals surface area contributed by atoms with Gasteiger partial charge in [0.1, 0.15) is 5.82 Å². The highest BCUT2D eigenvalue weighted by Gasteiger charge is 2.08. The van der Waals surface area contributed by atoms with Crippen LogP contribution in [0.1, 0.15) is 13.8 Å². The summed E-state index contributed by atoms with van der Waals surface area (Å²) >= 11 is 5.91. The fourth-order valence-corrected chi connectivity index (χ4v) is 2.30. The van der Waals surface area contributed by atoms with Crippen LogP contribution in [0.2, 0.25) is 5.02 Å². The van der Waals surface area contributed by atoms with Gasteiger partial charge in [-0.25, -0.2) is 4.98 Å². The van der Waals surface area contributed by atoms with E-state index in [0.717, 1.165) is 22.4 Å². The van der Waals surface area contributed by atoms with Crippen molar-refractivity contribution in [3.63, 3.8) is 0 Å². The zero-order valence-electron chi connectivity index (χ0n) is 12.5. The third kappa shape index (κ3) is 3.28. The van der Waals surface area contributed by atoms with Gasteiger partial charge in [-0.2, -0.15) is 4.98 Å². The molecule has 3 rings (SSSR count). The van der Waals surface area contributed by atoms with Crippen molar-refractivity contribution in [1.82, 2.24) is 9.97 Å². The molecule has 0 bridgehead atoms. The molecule has 4 nitrogen and oxygen atoms in total. The number of nitrogens with one attached hydrogen (secondary N) is 2. The van der Waals surface area contributed by atoms with Crippen molar-refractivity contribution >= 4 is 40.0 Å². The Kier molecular flexibility index (Phi) is 4.11. The summed E-state index contributed by atoms with van der Waals surface area (Å²) in [6.45, 7) is 4.17. The average Bonchev–Trinajstić information content (AvgIpc) is 2.49. The zero-order chi connectivity index (χ0) is 15.5. The zero-order valence-corrected chi connectivity index (χ0v) is 13.2. The minimum absolute atomic E-state index is 0.293. The van der Waals surface area contributed by atoms with Crippen molar-refractivity contribution in [3.8, 4) is 0 Å². The fourth-order valence-electron chi connectivity index (χ4n) is 2.18. The maximum Gasteiger partial charge on any atom is 0.229 e. The van der Waals surface area contributed by atoms with E-state index in [4.69, 9.17) is 11.6 Å². The molecule has 112 valence electrons. The highest BCUT2D eigenvalue weighted by atomic mass is 35.5. The quantitative estimate of drug-likeness (QED) is 0.723. The third-order valence-corrected chi connectivity index (χ3v) is 3.38. The highest BCUT2D eigenvalue weighted by Crippen LogP contribution is 2.24. The molecule has 0 spiro atoms. The molecule has 0 saturated carbocycles. The van der Waals surface area contributed by atoms with Gasteiger partial charge in [-0.15, -0.1) is 0 Å². The summed E-state index contributed by atoms with van der Waals surface area (Å²) in [5.74, 6) is 1.39. The smallest absolute Gasteiger partial charge is 0.229 e. The summed E-state index contributed by atoms with van der Waals surface area (Å²) in [6.07, 6.45) is 0. The second kappa shape index (κ2) is 6.20. The summed E-state index contributed by atoms with van der Waals surface area (Å²) in [5.41, 5.74) is 1.80. The lowest BCUT2D eigenvalue weighted by molar-refractivity contribution is 0.891. The molecule has 0 atom stereocenters. The van der Waals surface area contributed by atoms with Gasteiger partial charge in [0.05, 0.1) is 5.52 Å². The molecule has 0 radical (unpaired) electrons. The van der Waals surface area contributed by atoms with Gasteiger partial charge in [0.25, 0.3) is 0 Å². The van der Waals surface area contributed by atoms with Crippen LogP contribution < -0.4 is 10.6 Å². The van der Waals surface area contributed by atoms with Crippen LogP contribution in [0.15, 0.2) is 48.5 Å². The van der Waals surface area contributed by atoms with Crippen molar-refractivity contribution < 1.29 is 0 Å². The fraction of sp³-hybridized carbons (Fsp3) is 0.176. The van der Waals surface area contributed by atoms with E-state index in [1.807, 2.05) is 48.5 Å². The molecule has 0 aliphatic rings. The van der Waals surface area contributed by atoms with E-state index in [1.165, 1.54) is 0 Å². The maximum absolute atomic E-state index is 5.91. The van der Waals surface area contributed by atoms with Crippen LogP contribution >= 0.6 is 11.6 Å². The van der Waals surface area contributed by atoms with Gasteiger partial charge in [-0.1, -0.05) is 23.7 Å². The minimum Gasteiger partial charge on any atom is -0.367 e. The molecule has 2 N–H and O–H groups in total. The van der Waals surface area contributed by atoms with Gasteiger partial charge < -0.3 is 10.6 Å². The maximum atomic E-state index is 5.91. The molecule has 0 aliphatic carbocycles. The minimum atomic E-state index is 0.293. The molecule has 0 unspecified atom stereocenters. The molecule has 0 saturated heterocycles. The van der Waals surface area contributed by atoms with Crippen molar-refractivity contribution in [2.24, 2.45) is 0 Å². The Labute approximate surface area is 134 Å². The number of halogens is 1. The van der Waals surface area contributed by atoms with Crippen molar-refractivity contribution in [2.45, 2.75) is 19.9 Å². The van der Waals surface area contributed by atoms with E-state index in [0.29, 0.717) is 17.0 Å². The van der Waals surface area contributed by atoms with E-state index in [1.54, 1.807) is 0 Å². The van der Waals surface area contributed by atoms with Crippen molar-refractivity contribution in [2.75, 3.05) is 10.6 Å². The summed E-state index contributed by atoms with van der Waals surface area (Å²) in [7, 11) is 0. The van der Waals surface area contributed by atoms with Crippen LogP contribution in [0, 0.1) is 0 Å². The van der Waals surface area contributed by atoms with E-state index < -0.39 is 0 Å². The lowest BCUT2D eigenvalue weighted by atomic mass is 10.2. The molecular formula is C17H17ClN4. The van der Waals surface area contributed by atoms with Crippen LogP contribution in [0.3, 0.4) is 0 Å². The SMILES string of the molecule is CC(C)Nc1nc(Nc2ccc(Cl)cc2)nc2ccccc12. The van der Waals surface area contributed by atoms with Crippen LogP contribution in [-0.4, -0.2) is 16.0 Å². The second-order valence-corrected chi connectivity index (χ2v) is 5.78. The number of benzene rings is 2. The number of nitrogens with zero attached hydrogens (tertiary/aromatic N) is 2. The van der Waals surface area contributed by atoms with Gasteiger partial charge in [-0.3, -0.25) is 0 Å². The average molecular weight is 313 g/mol. The second-order valence-electron chi connectivity index (χ2n) is 5.34. The van der Waals surface area contributed by atoms with E-state index in [9.17, 15) is 0 Å². The Morgan fingerprint density at radius 3 is 2.41 bits per heavy atom. The third-order valence-electron chi connectivity index (χ3n) is 3.13. The molecule has 0 amide bonds. The molecule has 1 aromatic heterocycles. The van der Waals surface area contributed by atoms with E-state index in [-0.39, 0.29) is 0 Å². The normalized spacial score (nSPS) is 10.9. The largest absolute Gasteiger partial charge is 0.367 e. The number of hydrogen-bond donors (Lipinski definition) is 2. The van der Waals surface area contributed by atoms with Crippen molar-refractivity contribution in [1.29, 1.82) is 0 Å². The standard InChI is InChI=1S/C17H17ClN4/c1-11(2)19-16-14-5-3-4-6-15(14)21-17(22-16)20-13-9-7-12(18)8-10-13/h3-11H,1-2H3,(H2,19,20,21,22). The Morgan fingerprint density at radius 1 is 0.955 bits per heavy atom. The van der Waals surface area contributed by atoms with Crippen LogP contribution in [0.4, 0.5) is 17.5 Å². The Bertz CT molecular complexity index is 784.